The first kappa shape index (κ1) is 11.5. The van der Waals surface area contributed by atoms with Gasteiger partial charge in [0.15, 0.2) is 0 Å². The van der Waals surface area contributed by atoms with Crippen LogP contribution in [0.25, 0.3) is 0 Å². The smallest absolute Gasteiger partial charge is 0.304 e. The summed E-state index contributed by atoms with van der Waals surface area (Å²) in [5.41, 5.74) is 1.07. The molecule has 0 aliphatic carbocycles. The van der Waals surface area contributed by atoms with Gasteiger partial charge in [-0.05, 0) is 17.7 Å². The molecule has 0 saturated heterocycles. The van der Waals surface area contributed by atoms with Gasteiger partial charge in [0.2, 0.25) is 0 Å². The molecular weight excluding hydrogens is 214 g/mol. The molecule has 0 amide bonds. The predicted molar refractivity (Wildman–Crippen MR) is 65.9 cm³/mol. The molecule has 0 saturated carbocycles. The zero-order valence-electron chi connectivity index (χ0n) is 9.49. The highest BCUT2D eigenvalue weighted by Crippen LogP contribution is 2.21. The van der Waals surface area contributed by atoms with E-state index in [0.29, 0.717) is 6.54 Å². The molecule has 1 aromatic heterocycles. The molecular formula is C14H15NO2. The summed E-state index contributed by atoms with van der Waals surface area (Å²) >= 11 is 0. The van der Waals surface area contributed by atoms with E-state index in [9.17, 15) is 4.79 Å². The van der Waals surface area contributed by atoms with Crippen molar-refractivity contribution in [2.75, 3.05) is 0 Å². The second-order valence-electron chi connectivity index (χ2n) is 4.09. The van der Waals surface area contributed by atoms with Crippen LogP contribution in [-0.4, -0.2) is 15.6 Å². The number of nitrogens with zero attached hydrogens (tertiary/aromatic N) is 1. The topological polar surface area (TPSA) is 42.2 Å². The van der Waals surface area contributed by atoms with Gasteiger partial charge in [0, 0.05) is 24.9 Å². The molecule has 2 rings (SSSR count). The van der Waals surface area contributed by atoms with Gasteiger partial charge in [-0.25, -0.2) is 0 Å². The molecule has 0 spiro atoms. The molecule has 0 aliphatic rings. The minimum Gasteiger partial charge on any atom is -0.481 e. The Bertz CT molecular complexity index is 462. The number of benzene rings is 1. The zero-order chi connectivity index (χ0) is 12.1. The van der Waals surface area contributed by atoms with Crippen LogP contribution in [0, 0.1) is 0 Å². The van der Waals surface area contributed by atoms with E-state index in [2.05, 4.69) is 0 Å². The molecule has 0 aliphatic heterocycles. The van der Waals surface area contributed by atoms with Crippen molar-refractivity contribution in [3.63, 3.8) is 0 Å². The Morgan fingerprint density at radius 3 is 2.35 bits per heavy atom. The van der Waals surface area contributed by atoms with Crippen LogP contribution in [0.2, 0.25) is 0 Å². The first-order valence-corrected chi connectivity index (χ1v) is 5.63. The van der Waals surface area contributed by atoms with Crippen LogP contribution in [0.4, 0.5) is 0 Å². The molecule has 1 N–H and O–H groups in total. The number of hydrogen-bond donors (Lipinski definition) is 1. The lowest BCUT2D eigenvalue weighted by Crippen LogP contribution is -2.12. The average molecular weight is 229 g/mol. The molecule has 0 bridgehead atoms. The number of aliphatic carboxylic acids is 1. The average Bonchev–Trinajstić information content (AvgIpc) is 2.82. The number of carbonyl (C=O) groups is 1. The van der Waals surface area contributed by atoms with Crippen molar-refractivity contribution >= 4 is 5.97 Å². The van der Waals surface area contributed by atoms with E-state index in [0.717, 1.165) is 5.56 Å². The molecule has 0 radical (unpaired) electrons. The first-order chi connectivity index (χ1) is 8.25. The maximum absolute atomic E-state index is 10.9. The Morgan fingerprint density at radius 1 is 1.12 bits per heavy atom. The summed E-state index contributed by atoms with van der Waals surface area (Å²) in [5.74, 6) is -0.743. The number of carboxylic acids is 1. The quantitative estimate of drug-likeness (QED) is 0.856. The van der Waals surface area contributed by atoms with E-state index in [1.807, 2.05) is 59.4 Å². The van der Waals surface area contributed by atoms with Gasteiger partial charge in [-0.15, -0.1) is 0 Å². The minimum absolute atomic E-state index is 0.0149. The van der Waals surface area contributed by atoms with E-state index >= 15 is 0 Å². The Hall–Kier alpha value is -2.03. The van der Waals surface area contributed by atoms with Crippen LogP contribution in [0.5, 0.6) is 0 Å². The third-order valence-electron chi connectivity index (χ3n) is 2.79. The van der Waals surface area contributed by atoms with Gasteiger partial charge >= 0.3 is 5.97 Å². The fourth-order valence-corrected chi connectivity index (χ4v) is 1.97. The molecule has 2 aromatic rings. The highest BCUT2D eigenvalue weighted by molar-refractivity contribution is 5.68. The molecule has 17 heavy (non-hydrogen) atoms. The summed E-state index contributed by atoms with van der Waals surface area (Å²) in [6, 6.07) is 13.7. The highest BCUT2D eigenvalue weighted by Gasteiger charge is 2.15. The molecule has 3 nitrogen and oxygen atoms in total. The molecule has 1 unspecified atom stereocenters. The lowest BCUT2D eigenvalue weighted by Gasteiger charge is -2.16. The van der Waals surface area contributed by atoms with Gasteiger partial charge in [0.05, 0.1) is 6.42 Å². The van der Waals surface area contributed by atoms with Gasteiger partial charge in [-0.1, -0.05) is 30.3 Å². The second kappa shape index (κ2) is 5.34. The second-order valence-corrected chi connectivity index (χ2v) is 4.09. The lowest BCUT2D eigenvalue weighted by atomic mass is 9.96. The Balaban J connectivity index is 2.16. The molecule has 1 heterocycles. The monoisotopic (exact) mass is 229 g/mol. The van der Waals surface area contributed by atoms with Gasteiger partial charge in [0.1, 0.15) is 0 Å². The van der Waals surface area contributed by atoms with E-state index in [4.69, 9.17) is 5.11 Å². The summed E-state index contributed by atoms with van der Waals surface area (Å²) in [5, 5.41) is 8.96. The van der Waals surface area contributed by atoms with E-state index in [-0.39, 0.29) is 12.3 Å². The summed E-state index contributed by atoms with van der Waals surface area (Å²) in [4.78, 5) is 10.9. The van der Waals surface area contributed by atoms with Crippen molar-refractivity contribution < 1.29 is 9.90 Å². The highest BCUT2D eigenvalue weighted by atomic mass is 16.4. The molecule has 1 aromatic carbocycles. The van der Waals surface area contributed by atoms with Crippen molar-refractivity contribution in [2.24, 2.45) is 0 Å². The van der Waals surface area contributed by atoms with Crippen molar-refractivity contribution in [3.8, 4) is 0 Å². The molecule has 0 fully saturated rings. The van der Waals surface area contributed by atoms with E-state index < -0.39 is 5.97 Å². The Kier molecular flexibility index (Phi) is 3.60. The van der Waals surface area contributed by atoms with Crippen molar-refractivity contribution in [2.45, 2.75) is 18.9 Å². The number of rotatable bonds is 5. The van der Waals surface area contributed by atoms with Crippen molar-refractivity contribution in [1.29, 1.82) is 0 Å². The summed E-state index contributed by atoms with van der Waals surface area (Å²) in [6.07, 6.45) is 4.07. The van der Waals surface area contributed by atoms with Crippen LogP contribution in [0.15, 0.2) is 54.9 Å². The standard InChI is InChI=1S/C14H15NO2/c16-14(17)10-13(11-15-8-4-5-9-15)12-6-2-1-3-7-12/h1-9,13H,10-11H2,(H,16,17). The predicted octanol–water partition coefficient (Wildman–Crippen LogP) is 2.75. The van der Waals surface area contributed by atoms with Crippen LogP contribution in [0.1, 0.15) is 17.9 Å². The maximum Gasteiger partial charge on any atom is 0.304 e. The minimum atomic E-state index is -0.758. The van der Waals surface area contributed by atoms with Crippen LogP contribution in [-0.2, 0) is 11.3 Å². The van der Waals surface area contributed by atoms with Crippen LogP contribution < -0.4 is 0 Å². The van der Waals surface area contributed by atoms with Crippen molar-refractivity contribution in [1.82, 2.24) is 4.57 Å². The fourth-order valence-electron chi connectivity index (χ4n) is 1.97. The molecule has 1 atom stereocenters. The van der Waals surface area contributed by atoms with Gasteiger partial charge in [-0.3, -0.25) is 4.79 Å². The zero-order valence-corrected chi connectivity index (χ0v) is 9.49. The van der Waals surface area contributed by atoms with E-state index in [1.165, 1.54) is 0 Å². The Labute approximate surface area is 100 Å². The van der Waals surface area contributed by atoms with Crippen molar-refractivity contribution in [3.05, 3.63) is 60.4 Å². The first-order valence-electron chi connectivity index (χ1n) is 5.63. The maximum atomic E-state index is 10.9. The SMILES string of the molecule is O=C(O)CC(Cn1cccc1)c1ccccc1. The fraction of sp³-hybridized carbons (Fsp3) is 0.214. The van der Waals surface area contributed by atoms with E-state index in [1.54, 1.807) is 0 Å². The van der Waals surface area contributed by atoms with Crippen LogP contribution >= 0.6 is 0 Å². The summed E-state index contributed by atoms with van der Waals surface area (Å²) in [7, 11) is 0. The summed E-state index contributed by atoms with van der Waals surface area (Å²) < 4.78 is 2.01. The Morgan fingerprint density at radius 2 is 1.76 bits per heavy atom. The third kappa shape index (κ3) is 3.21. The number of aromatic nitrogens is 1. The third-order valence-corrected chi connectivity index (χ3v) is 2.79. The van der Waals surface area contributed by atoms with Gasteiger partial charge < -0.3 is 9.67 Å². The summed E-state index contributed by atoms with van der Waals surface area (Å²) in [6.45, 7) is 0.698. The van der Waals surface area contributed by atoms with Crippen LogP contribution in [0.3, 0.4) is 0 Å². The largest absolute Gasteiger partial charge is 0.481 e. The normalized spacial score (nSPS) is 12.2. The number of hydrogen-bond acceptors (Lipinski definition) is 1. The molecule has 3 heteroatoms. The molecule has 88 valence electrons. The lowest BCUT2D eigenvalue weighted by molar-refractivity contribution is -0.137. The number of carboxylic acid groups (broad SMARTS) is 1. The van der Waals surface area contributed by atoms with Gasteiger partial charge in [0.25, 0.3) is 0 Å². The van der Waals surface area contributed by atoms with Gasteiger partial charge in [-0.2, -0.15) is 0 Å².